The summed E-state index contributed by atoms with van der Waals surface area (Å²) in [5.74, 6) is 0.279. The van der Waals surface area contributed by atoms with Crippen LogP contribution >= 0.6 is 23.2 Å². The van der Waals surface area contributed by atoms with Gasteiger partial charge in [-0.3, -0.25) is 0 Å². The molecule has 128 valence electrons. The summed E-state index contributed by atoms with van der Waals surface area (Å²) < 4.78 is 4.85. The van der Waals surface area contributed by atoms with Crippen molar-refractivity contribution in [1.29, 1.82) is 0 Å². The lowest BCUT2D eigenvalue weighted by molar-refractivity contribution is 0.0600. The Kier molecular flexibility index (Phi) is 4.22. The van der Waals surface area contributed by atoms with Crippen LogP contribution < -0.4 is 5.32 Å². The van der Waals surface area contributed by atoms with Gasteiger partial charge in [0.15, 0.2) is 0 Å². The smallest absolute Gasteiger partial charge is 0.337 e. The number of methoxy groups -OCH3 is 1. The van der Waals surface area contributed by atoms with E-state index in [-0.39, 0.29) is 17.9 Å². The Labute approximate surface area is 156 Å². The van der Waals surface area contributed by atoms with Crippen molar-refractivity contribution in [2.45, 2.75) is 18.4 Å². The molecule has 1 N–H and O–H groups in total. The fourth-order valence-corrected chi connectivity index (χ4v) is 4.43. The van der Waals surface area contributed by atoms with Crippen molar-refractivity contribution in [1.82, 2.24) is 0 Å². The molecule has 0 bridgehead atoms. The maximum absolute atomic E-state index is 11.9. The molecular formula is C20H17Cl2NO2. The zero-order valence-electron chi connectivity index (χ0n) is 13.6. The number of nitrogens with one attached hydrogen (secondary N) is 1. The molecule has 2 aliphatic rings. The van der Waals surface area contributed by atoms with Gasteiger partial charge in [-0.1, -0.05) is 41.4 Å². The van der Waals surface area contributed by atoms with Crippen LogP contribution in [0.4, 0.5) is 5.69 Å². The van der Waals surface area contributed by atoms with Crippen molar-refractivity contribution in [2.24, 2.45) is 5.92 Å². The van der Waals surface area contributed by atoms with Crippen molar-refractivity contribution in [3.8, 4) is 0 Å². The number of hydrogen-bond acceptors (Lipinski definition) is 3. The highest BCUT2D eigenvalue weighted by Gasteiger charge is 2.38. The van der Waals surface area contributed by atoms with Crippen molar-refractivity contribution in [3.63, 3.8) is 0 Å². The maximum Gasteiger partial charge on any atom is 0.337 e. The summed E-state index contributed by atoms with van der Waals surface area (Å²) in [6, 6.07) is 11.4. The number of ether oxygens (including phenoxy) is 1. The van der Waals surface area contributed by atoms with Crippen LogP contribution in [0, 0.1) is 5.92 Å². The van der Waals surface area contributed by atoms with Crippen molar-refractivity contribution in [3.05, 3.63) is 75.3 Å². The summed E-state index contributed by atoms with van der Waals surface area (Å²) in [4.78, 5) is 11.9. The van der Waals surface area contributed by atoms with Gasteiger partial charge in [-0.25, -0.2) is 4.79 Å². The summed E-state index contributed by atoms with van der Waals surface area (Å²) in [7, 11) is 1.40. The first-order chi connectivity index (χ1) is 12.1. The molecule has 0 fully saturated rings. The van der Waals surface area contributed by atoms with Crippen LogP contribution in [0.2, 0.25) is 10.0 Å². The highest BCUT2D eigenvalue weighted by molar-refractivity contribution is 6.35. The molecule has 5 heteroatoms. The number of carbonyl (C=O) groups is 1. The molecule has 0 saturated heterocycles. The molecule has 0 spiro atoms. The molecule has 1 aliphatic heterocycles. The Bertz CT molecular complexity index is 878. The lowest BCUT2D eigenvalue weighted by Crippen LogP contribution is -2.29. The van der Waals surface area contributed by atoms with Gasteiger partial charge in [-0.15, -0.1) is 0 Å². The molecule has 0 radical (unpaired) electrons. The van der Waals surface area contributed by atoms with Crippen LogP contribution in [0.1, 0.15) is 39.9 Å². The van der Waals surface area contributed by atoms with Gasteiger partial charge < -0.3 is 10.1 Å². The van der Waals surface area contributed by atoms with E-state index in [0.29, 0.717) is 21.5 Å². The number of allylic oxidation sites excluding steroid dienone is 2. The Morgan fingerprint density at radius 1 is 1.16 bits per heavy atom. The van der Waals surface area contributed by atoms with Crippen LogP contribution in [-0.2, 0) is 4.74 Å². The third-order valence-electron chi connectivity index (χ3n) is 5.08. The molecule has 3 nitrogen and oxygen atoms in total. The first-order valence-electron chi connectivity index (χ1n) is 8.19. The molecule has 0 saturated carbocycles. The lowest BCUT2D eigenvalue weighted by Gasteiger charge is -2.38. The number of benzene rings is 2. The van der Waals surface area contributed by atoms with E-state index in [4.69, 9.17) is 27.9 Å². The van der Waals surface area contributed by atoms with E-state index in [9.17, 15) is 4.79 Å². The highest BCUT2D eigenvalue weighted by atomic mass is 35.5. The van der Waals surface area contributed by atoms with E-state index in [0.717, 1.165) is 23.2 Å². The minimum absolute atomic E-state index is 0.0984. The molecule has 0 unspecified atom stereocenters. The van der Waals surface area contributed by atoms with E-state index >= 15 is 0 Å². The van der Waals surface area contributed by atoms with Crippen LogP contribution in [-0.4, -0.2) is 13.1 Å². The van der Waals surface area contributed by atoms with Gasteiger partial charge in [-0.2, -0.15) is 0 Å². The Morgan fingerprint density at radius 2 is 2.00 bits per heavy atom. The van der Waals surface area contributed by atoms with Gasteiger partial charge in [-0.05, 0) is 53.8 Å². The normalized spacial score (nSPS) is 23.6. The topological polar surface area (TPSA) is 38.3 Å². The average Bonchev–Trinajstić information content (AvgIpc) is 3.10. The van der Waals surface area contributed by atoms with Gasteiger partial charge in [0.1, 0.15) is 0 Å². The molecule has 1 aliphatic carbocycles. The summed E-state index contributed by atoms with van der Waals surface area (Å²) in [6.45, 7) is 0. The highest BCUT2D eigenvalue weighted by Crippen LogP contribution is 2.51. The zero-order valence-corrected chi connectivity index (χ0v) is 15.1. The van der Waals surface area contributed by atoms with Crippen molar-refractivity contribution in [2.75, 3.05) is 12.4 Å². The summed E-state index contributed by atoms with van der Waals surface area (Å²) in [6.07, 6.45) is 5.39. The van der Waals surface area contributed by atoms with E-state index in [2.05, 4.69) is 17.5 Å². The Balaban J connectivity index is 1.77. The number of anilines is 1. The second-order valence-corrected chi connectivity index (χ2v) is 7.28. The number of rotatable bonds is 2. The van der Waals surface area contributed by atoms with Crippen molar-refractivity contribution >= 4 is 34.9 Å². The number of halogens is 2. The Hall–Kier alpha value is -1.97. The Morgan fingerprint density at radius 3 is 2.76 bits per heavy atom. The molecule has 25 heavy (non-hydrogen) atoms. The SMILES string of the molecule is COC(=O)c1ccc2c(c1)[C@@H]1C=CC[C@H]1[C@H](c1ccc(Cl)cc1Cl)N2. The standard InChI is InChI=1S/C20H17Cl2NO2/c1-25-20(24)11-5-8-18-16(9-11)13-3-2-4-14(13)19(23-18)15-7-6-12(21)10-17(15)22/h2-3,5-10,13-14,19,23H,4H2,1H3/t13-,14-,19-/m1/s1. The van der Waals surface area contributed by atoms with Crippen LogP contribution in [0.15, 0.2) is 48.6 Å². The number of carbonyl (C=O) groups excluding carboxylic acids is 1. The fourth-order valence-electron chi connectivity index (χ4n) is 3.90. The van der Waals surface area contributed by atoms with Gasteiger partial charge in [0, 0.05) is 21.7 Å². The van der Waals surface area contributed by atoms with Gasteiger partial charge in [0.2, 0.25) is 0 Å². The molecular weight excluding hydrogens is 357 g/mol. The van der Waals surface area contributed by atoms with Gasteiger partial charge >= 0.3 is 5.97 Å². The summed E-state index contributed by atoms with van der Waals surface area (Å²) in [5.41, 5.74) is 3.77. The van der Waals surface area contributed by atoms with E-state index < -0.39 is 0 Å². The van der Waals surface area contributed by atoms with E-state index in [1.54, 1.807) is 12.1 Å². The molecule has 0 amide bonds. The molecule has 2 aromatic rings. The second-order valence-electron chi connectivity index (χ2n) is 6.43. The lowest BCUT2D eigenvalue weighted by atomic mass is 9.76. The monoisotopic (exact) mass is 373 g/mol. The number of fused-ring (bicyclic) bond motifs is 3. The van der Waals surface area contributed by atoms with Crippen LogP contribution in [0.25, 0.3) is 0 Å². The van der Waals surface area contributed by atoms with Gasteiger partial charge in [0.25, 0.3) is 0 Å². The van der Waals surface area contributed by atoms with Crippen LogP contribution in [0.5, 0.6) is 0 Å². The minimum atomic E-state index is -0.316. The first kappa shape index (κ1) is 16.5. The number of hydrogen-bond donors (Lipinski definition) is 1. The van der Waals surface area contributed by atoms with E-state index in [1.165, 1.54) is 7.11 Å². The quantitative estimate of drug-likeness (QED) is 0.549. The molecule has 2 aromatic carbocycles. The molecule has 1 heterocycles. The fraction of sp³-hybridized carbons (Fsp3) is 0.250. The van der Waals surface area contributed by atoms with Crippen molar-refractivity contribution < 1.29 is 9.53 Å². The third-order valence-corrected chi connectivity index (χ3v) is 5.64. The van der Waals surface area contributed by atoms with Gasteiger partial charge in [0.05, 0.1) is 18.7 Å². The van der Waals surface area contributed by atoms with E-state index in [1.807, 2.05) is 24.3 Å². The molecule has 3 atom stereocenters. The average molecular weight is 374 g/mol. The predicted octanol–water partition coefficient (Wildman–Crippen LogP) is 5.61. The zero-order chi connectivity index (χ0) is 17.6. The summed E-state index contributed by atoms with van der Waals surface area (Å²) in [5, 5.41) is 4.91. The van der Waals surface area contributed by atoms with Crippen LogP contribution in [0.3, 0.4) is 0 Å². The predicted molar refractivity (Wildman–Crippen MR) is 101 cm³/mol. The minimum Gasteiger partial charge on any atom is -0.465 e. The second kappa shape index (κ2) is 6.40. The maximum atomic E-state index is 11.9. The third kappa shape index (κ3) is 2.82. The molecule has 0 aromatic heterocycles. The first-order valence-corrected chi connectivity index (χ1v) is 8.94. The molecule has 4 rings (SSSR count). The summed E-state index contributed by atoms with van der Waals surface area (Å²) >= 11 is 12.5. The largest absolute Gasteiger partial charge is 0.465 e. The number of esters is 1.